The van der Waals surface area contributed by atoms with Crippen molar-refractivity contribution >= 4 is 24.8 Å². The Kier molecular flexibility index (Phi) is 11.7. The highest BCUT2D eigenvalue weighted by Gasteiger charge is 2.71. The molecule has 0 N–H and O–H groups in total. The van der Waals surface area contributed by atoms with E-state index in [-0.39, 0.29) is 61.8 Å². The fourth-order valence-corrected chi connectivity index (χ4v) is 10.0. The van der Waals surface area contributed by atoms with Gasteiger partial charge in [-0.25, -0.2) is 0 Å². The van der Waals surface area contributed by atoms with E-state index in [2.05, 4.69) is 211 Å². The van der Waals surface area contributed by atoms with Crippen LogP contribution in [0, 0.1) is 0 Å². The van der Waals surface area contributed by atoms with Crippen LogP contribution in [0.3, 0.4) is 0 Å². The molecule has 11 rings (SSSR count). The second-order valence-electron chi connectivity index (χ2n) is 15.4. The highest BCUT2D eigenvalue weighted by molar-refractivity contribution is 5.85. The van der Waals surface area contributed by atoms with Gasteiger partial charge in [0.2, 0.25) is 0 Å². The standard InChI is InChI=1S/C48H48N6.2ClH/c1-7-19-37(20-8-1)31-49-43-44-50(32-38-21-9-2-10-22-38)47(49)48-51(33-39-23-11-3-12-24-39)45(53(43)35-41-27-15-5-16-28-41)46(52(48)34-40-25-13-4-14-26-40)54(44)36-42-29-17-6-18-30-42;;/h1-30,43-48H,31-36H2;2*1H. The predicted octanol–water partition coefficient (Wildman–Crippen LogP) is 8.85. The van der Waals surface area contributed by atoms with E-state index < -0.39 is 0 Å². The molecular formula is C48H50Cl2N6. The van der Waals surface area contributed by atoms with Gasteiger partial charge in [-0.05, 0) is 33.4 Å². The van der Waals surface area contributed by atoms with Crippen LogP contribution in [0.2, 0.25) is 0 Å². The zero-order chi connectivity index (χ0) is 35.8. The number of hydrogen-bond acceptors (Lipinski definition) is 6. The Balaban J connectivity index is 0.00000220. The summed E-state index contributed by atoms with van der Waals surface area (Å²) in [5.74, 6) is 0. The fourth-order valence-electron chi connectivity index (χ4n) is 10.0. The topological polar surface area (TPSA) is 19.4 Å². The second kappa shape index (κ2) is 17.0. The molecule has 6 nitrogen and oxygen atoms in total. The molecule has 0 radical (unpaired) electrons. The van der Waals surface area contributed by atoms with E-state index in [1.165, 1.54) is 33.4 Å². The molecule has 5 heterocycles. The van der Waals surface area contributed by atoms with Gasteiger partial charge >= 0.3 is 0 Å². The summed E-state index contributed by atoms with van der Waals surface area (Å²) in [6.45, 7) is 5.31. The van der Waals surface area contributed by atoms with Crippen LogP contribution in [0.15, 0.2) is 182 Å². The minimum absolute atomic E-state index is 0. The molecule has 0 spiro atoms. The zero-order valence-electron chi connectivity index (χ0n) is 31.5. The summed E-state index contributed by atoms with van der Waals surface area (Å²) in [4.78, 5) is 17.4. The lowest BCUT2D eigenvalue weighted by atomic mass is 10.0. The van der Waals surface area contributed by atoms with Crippen LogP contribution in [-0.2, 0) is 39.3 Å². The van der Waals surface area contributed by atoms with E-state index in [0.29, 0.717) is 0 Å². The largest absolute Gasteiger partial charge is 0.262 e. The molecule has 6 aromatic rings. The van der Waals surface area contributed by atoms with E-state index in [4.69, 9.17) is 0 Å². The van der Waals surface area contributed by atoms with Crippen molar-refractivity contribution in [2.24, 2.45) is 0 Å². The summed E-state index contributed by atoms with van der Waals surface area (Å²) in [6.07, 6.45) is 0.971. The van der Waals surface area contributed by atoms with Crippen LogP contribution < -0.4 is 0 Å². The number of piperazine rings is 1. The number of halogens is 2. The first-order valence-electron chi connectivity index (χ1n) is 19.6. The van der Waals surface area contributed by atoms with Crippen LogP contribution in [0.25, 0.3) is 0 Å². The van der Waals surface area contributed by atoms with E-state index in [1.807, 2.05) is 0 Å². The molecule has 8 heteroatoms. The molecule has 0 aromatic heterocycles. The van der Waals surface area contributed by atoms with Gasteiger partial charge in [0.1, 0.15) is 0 Å². The van der Waals surface area contributed by atoms with Crippen molar-refractivity contribution in [3.05, 3.63) is 215 Å². The highest BCUT2D eigenvalue weighted by Crippen LogP contribution is 2.54. The zero-order valence-corrected chi connectivity index (χ0v) is 33.2. The maximum atomic E-state index is 2.90. The molecule has 6 bridgehead atoms. The van der Waals surface area contributed by atoms with Gasteiger partial charge in [-0.1, -0.05) is 182 Å². The SMILES string of the molecule is Cl.Cl.c1ccc(CN2C3C4N(Cc5ccccc5)C2C2N(Cc5ccccc5)C(C(N2Cc2ccccc2)N4Cc2ccccc2)N3Cc2ccccc2)cc1. The van der Waals surface area contributed by atoms with Gasteiger partial charge in [0.25, 0.3) is 0 Å². The van der Waals surface area contributed by atoms with Gasteiger partial charge in [0.15, 0.2) is 0 Å². The average molecular weight is 782 g/mol. The summed E-state index contributed by atoms with van der Waals surface area (Å²) in [5, 5.41) is 0. The quantitative estimate of drug-likeness (QED) is 0.123. The molecular weight excluding hydrogens is 731 g/mol. The van der Waals surface area contributed by atoms with E-state index in [1.54, 1.807) is 0 Å². The maximum Gasteiger partial charge on any atom is 0.0955 e. The van der Waals surface area contributed by atoms with Crippen LogP contribution in [-0.4, -0.2) is 66.4 Å². The summed E-state index contributed by atoms with van der Waals surface area (Å²) < 4.78 is 0. The number of benzene rings is 6. The van der Waals surface area contributed by atoms with Crippen molar-refractivity contribution < 1.29 is 0 Å². The van der Waals surface area contributed by atoms with Gasteiger partial charge in [0, 0.05) is 39.3 Å². The first kappa shape index (κ1) is 38.5. The Morgan fingerprint density at radius 2 is 0.339 bits per heavy atom. The Labute approximate surface area is 344 Å². The summed E-state index contributed by atoms with van der Waals surface area (Å²) in [6, 6.07) is 67.2. The van der Waals surface area contributed by atoms with Gasteiger partial charge in [0.05, 0.1) is 37.0 Å². The van der Waals surface area contributed by atoms with Crippen LogP contribution in [0.1, 0.15) is 33.4 Å². The average Bonchev–Trinajstić information content (AvgIpc) is 3.64. The van der Waals surface area contributed by atoms with Gasteiger partial charge in [-0.3, -0.25) is 29.4 Å². The van der Waals surface area contributed by atoms with Gasteiger partial charge < -0.3 is 0 Å². The molecule has 5 aliphatic heterocycles. The molecule has 286 valence electrons. The number of hydrogen-bond donors (Lipinski definition) is 0. The maximum absolute atomic E-state index is 2.90. The second-order valence-corrected chi connectivity index (χ2v) is 15.4. The minimum atomic E-state index is 0. The van der Waals surface area contributed by atoms with Crippen molar-refractivity contribution in [2.45, 2.75) is 76.3 Å². The first-order valence-corrected chi connectivity index (χ1v) is 19.6. The molecule has 5 fully saturated rings. The van der Waals surface area contributed by atoms with E-state index in [0.717, 1.165) is 39.3 Å². The van der Waals surface area contributed by atoms with Crippen LogP contribution in [0.4, 0.5) is 0 Å². The highest BCUT2D eigenvalue weighted by atomic mass is 35.5. The van der Waals surface area contributed by atoms with Crippen molar-refractivity contribution in [1.82, 2.24) is 29.4 Å². The van der Waals surface area contributed by atoms with Crippen molar-refractivity contribution in [1.29, 1.82) is 0 Å². The lowest BCUT2D eigenvalue weighted by Gasteiger charge is -2.56. The summed E-state index contributed by atoms with van der Waals surface area (Å²) >= 11 is 0. The van der Waals surface area contributed by atoms with E-state index in [9.17, 15) is 0 Å². The lowest BCUT2D eigenvalue weighted by Crippen LogP contribution is -2.73. The molecule has 0 saturated carbocycles. The van der Waals surface area contributed by atoms with Crippen molar-refractivity contribution in [3.63, 3.8) is 0 Å². The first-order chi connectivity index (χ1) is 26.8. The lowest BCUT2D eigenvalue weighted by molar-refractivity contribution is -0.166. The number of rotatable bonds is 12. The smallest absolute Gasteiger partial charge is 0.0955 e. The normalized spacial score (nSPS) is 24.9. The predicted molar refractivity (Wildman–Crippen MR) is 229 cm³/mol. The van der Waals surface area contributed by atoms with Gasteiger partial charge in [-0.15, -0.1) is 24.8 Å². The third-order valence-electron chi connectivity index (χ3n) is 12.1. The molecule has 5 aliphatic rings. The third kappa shape index (κ3) is 7.22. The molecule has 6 aromatic carbocycles. The Morgan fingerprint density at radius 1 is 0.214 bits per heavy atom. The number of nitrogens with zero attached hydrogens (tertiary/aromatic N) is 6. The Morgan fingerprint density at radius 3 is 0.464 bits per heavy atom. The molecule has 5 saturated heterocycles. The minimum Gasteiger partial charge on any atom is -0.262 e. The summed E-state index contributed by atoms with van der Waals surface area (Å²) in [5.41, 5.74) is 8.18. The van der Waals surface area contributed by atoms with Crippen LogP contribution >= 0.6 is 24.8 Å². The summed E-state index contributed by atoms with van der Waals surface area (Å²) in [7, 11) is 0. The molecule has 0 unspecified atom stereocenters. The van der Waals surface area contributed by atoms with Crippen molar-refractivity contribution in [3.8, 4) is 0 Å². The molecule has 0 aliphatic carbocycles. The van der Waals surface area contributed by atoms with Crippen molar-refractivity contribution in [2.75, 3.05) is 0 Å². The monoisotopic (exact) mass is 780 g/mol. The Bertz CT molecular complexity index is 1850. The third-order valence-corrected chi connectivity index (χ3v) is 12.1. The molecule has 0 amide bonds. The van der Waals surface area contributed by atoms with E-state index >= 15 is 0 Å². The van der Waals surface area contributed by atoms with Gasteiger partial charge in [-0.2, -0.15) is 0 Å². The Hall–Kier alpha value is -4.34. The van der Waals surface area contributed by atoms with Crippen LogP contribution in [0.5, 0.6) is 0 Å². The molecule has 0 atom stereocenters. The fraction of sp³-hybridized carbons (Fsp3) is 0.250. The molecule has 56 heavy (non-hydrogen) atoms.